The summed E-state index contributed by atoms with van der Waals surface area (Å²) in [7, 11) is 0. The molecule has 0 saturated carbocycles. The van der Waals surface area contributed by atoms with E-state index in [4.69, 9.17) is 9.84 Å². The Hall–Kier alpha value is -2.71. The van der Waals surface area contributed by atoms with Crippen LogP contribution in [0.2, 0.25) is 0 Å². The summed E-state index contributed by atoms with van der Waals surface area (Å²) in [5.74, 6) is -2.03. The maximum atomic E-state index is 13.7. The number of rotatable bonds is 3. The van der Waals surface area contributed by atoms with Crippen molar-refractivity contribution in [3.8, 4) is 0 Å². The number of carboxylic acids is 1. The molecule has 0 unspecified atom stereocenters. The average Bonchev–Trinajstić information content (AvgIpc) is 2.80. The molecule has 0 aliphatic carbocycles. The van der Waals surface area contributed by atoms with Gasteiger partial charge in [-0.05, 0) is 26.8 Å². The van der Waals surface area contributed by atoms with Crippen molar-refractivity contribution in [3.63, 3.8) is 0 Å². The summed E-state index contributed by atoms with van der Waals surface area (Å²) >= 11 is 0. The van der Waals surface area contributed by atoms with Gasteiger partial charge in [0.1, 0.15) is 16.9 Å². The standard InChI is InChI=1S/C16H19FN4O4/c1-16(2,3)25-15(24)20-6-9(7-20)8-21-13-4-10(14(22)23)11(17)5-12(13)18-19-21/h4-5,9H,6-8H2,1-3H3,(H,22,23). The molecule has 1 saturated heterocycles. The Bertz CT molecular complexity index is 837. The SMILES string of the molecule is CC(C)(C)OC(=O)N1CC(Cn2nnc3cc(F)c(C(=O)O)cc32)C1. The minimum absolute atomic E-state index is 0.149. The van der Waals surface area contributed by atoms with E-state index in [9.17, 15) is 14.0 Å². The summed E-state index contributed by atoms with van der Waals surface area (Å²) in [5.41, 5.74) is -0.206. The minimum atomic E-state index is -1.34. The lowest BCUT2D eigenvalue weighted by atomic mass is 10.0. The van der Waals surface area contributed by atoms with Crippen LogP contribution in [-0.2, 0) is 11.3 Å². The zero-order valence-electron chi connectivity index (χ0n) is 14.2. The first-order valence-electron chi connectivity index (χ1n) is 7.88. The molecular formula is C16H19FN4O4. The molecule has 2 aromatic rings. The van der Waals surface area contributed by atoms with E-state index in [1.54, 1.807) is 4.90 Å². The highest BCUT2D eigenvalue weighted by atomic mass is 19.1. The fourth-order valence-electron chi connectivity index (χ4n) is 2.69. The number of likely N-dealkylation sites (tertiary alicyclic amines) is 1. The van der Waals surface area contributed by atoms with Crippen molar-refractivity contribution in [1.29, 1.82) is 0 Å². The van der Waals surface area contributed by atoms with Gasteiger partial charge in [0.2, 0.25) is 0 Å². The van der Waals surface area contributed by atoms with Gasteiger partial charge < -0.3 is 14.7 Å². The number of amides is 1. The van der Waals surface area contributed by atoms with Crippen LogP contribution in [-0.4, -0.2) is 55.8 Å². The maximum absolute atomic E-state index is 13.7. The third-order valence-corrected chi connectivity index (χ3v) is 3.87. The van der Waals surface area contributed by atoms with E-state index in [1.165, 1.54) is 10.7 Å². The number of halogens is 1. The first kappa shape index (κ1) is 17.1. The third-order valence-electron chi connectivity index (χ3n) is 3.87. The number of aromatic nitrogens is 3. The molecule has 2 heterocycles. The topological polar surface area (TPSA) is 97.5 Å². The van der Waals surface area contributed by atoms with Gasteiger partial charge >= 0.3 is 12.1 Å². The second-order valence-corrected chi connectivity index (χ2v) is 7.15. The molecule has 0 spiro atoms. The Morgan fingerprint density at radius 1 is 1.36 bits per heavy atom. The normalized spacial score (nSPS) is 15.3. The van der Waals surface area contributed by atoms with E-state index < -0.39 is 23.0 Å². The predicted octanol–water partition coefficient (Wildman–Crippen LogP) is 2.14. The molecule has 0 atom stereocenters. The summed E-state index contributed by atoms with van der Waals surface area (Å²) in [6, 6.07) is 2.30. The molecule has 1 aromatic heterocycles. The van der Waals surface area contributed by atoms with Crippen LogP contribution in [0.5, 0.6) is 0 Å². The number of nitrogens with zero attached hydrogens (tertiary/aromatic N) is 4. The van der Waals surface area contributed by atoms with Gasteiger partial charge in [-0.2, -0.15) is 0 Å². The van der Waals surface area contributed by atoms with Crippen molar-refractivity contribution in [2.75, 3.05) is 13.1 Å². The highest BCUT2D eigenvalue weighted by molar-refractivity contribution is 5.92. The zero-order valence-corrected chi connectivity index (χ0v) is 14.2. The second-order valence-electron chi connectivity index (χ2n) is 7.15. The van der Waals surface area contributed by atoms with Crippen LogP contribution in [0.15, 0.2) is 12.1 Å². The Morgan fingerprint density at radius 2 is 2.04 bits per heavy atom. The molecule has 1 fully saturated rings. The number of carbonyl (C=O) groups excluding carboxylic acids is 1. The summed E-state index contributed by atoms with van der Waals surface area (Å²) in [6.45, 7) is 6.92. The monoisotopic (exact) mass is 350 g/mol. The van der Waals surface area contributed by atoms with Crippen molar-refractivity contribution in [1.82, 2.24) is 19.9 Å². The van der Waals surface area contributed by atoms with E-state index in [-0.39, 0.29) is 12.0 Å². The van der Waals surface area contributed by atoms with E-state index >= 15 is 0 Å². The zero-order chi connectivity index (χ0) is 18.4. The average molecular weight is 350 g/mol. The molecule has 0 radical (unpaired) electrons. The molecule has 25 heavy (non-hydrogen) atoms. The van der Waals surface area contributed by atoms with E-state index in [1.807, 2.05) is 20.8 Å². The first-order valence-corrected chi connectivity index (χ1v) is 7.88. The largest absolute Gasteiger partial charge is 0.478 e. The van der Waals surface area contributed by atoms with Crippen molar-refractivity contribution < 1.29 is 23.8 Å². The summed E-state index contributed by atoms with van der Waals surface area (Å²) in [4.78, 5) is 24.6. The van der Waals surface area contributed by atoms with Crippen LogP contribution >= 0.6 is 0 Å². The number of benzene rings is 1. The predicted molar refractivity (Wildman–Crippen MR) is 85.7 cm³/mol. The second kappa shape index (κ2) is 5.98. The van der Waals surface area contributed by atoms with Gasteiger partial charge in [0.25, 0.3) is 0 Å². The van der Waals surface area contributed by atoms with Crippen LogP contribution < -0.4 is 0 Å². The van der Waals surface area contributed by atoms with Gasteiger partial charge in [-0.1, -0.05) is 5.21 Å². The fourth-order valence-corrected chi connectivity index (χ4v) is 2.69. The molecule has 1 amide bonds. The number of hydrogen-bond donors (Lipinski definition) is 1. The Labute approximate surface area is 143 Å². The molecule has 9 heteroatoms. The number of aromatic carboxylic acids is 1. The summed E-state index contributed by atoms with van der Waals surface area (Å²) in [6.07, 6.45) is -0.359. The molecule has 134 valence electrons. The van der Waals surface area contributed by atoms with Crippen LogP contribution in [0, 0.1) is 11.7 Å². The molecule has 3 rings (SSSR count). The van der Waals surface area contributed by atoms with Crippen LogP contribution in [0.1, 0.15) is 31.1 Å². The Kier molecular flexibility index (Phi) is 4.09. The quantitative estimate of drug-likeness (QED) is 0.911. The Morgan fingerprint density at radius 3 is 2.64 bits per heavy atom. The molecule has 1 N–H and O–H groups in total. The summed E-state index contributed by atoms with van der Waals surface area (Å²) in [5, 5.41) is 16.9. The van der Waals surface area contributed by atoms with Gasteiger partial charge in [-0.25, -0.2) is 18.7 Å². The smallest absolute Gasteiger partial charge is 0.410 e. The summed E-state index contributed by atoms with van der Waals surface area (Å²) < 4.78 is 20.5. The number of hydrogen-bond acceptors (Lipinski definition) is 5. The molecule has 8 nitrogen and oxygen atoms in total. The van der Waals surface area contributed by atoms with Crippen LogP contribution in [0.25, 0.3) is 11.0 Å². The van der Waals surface area contributed by atoms with Gasteiger partial charge in [0.05, 0.1) is 11.1 Å². The van der Waals surface area contributed by atoms with Crippen molar-refractivity contribution >= 4 is 23.1 Å². The van der Waals surface area contributed by atoms with Gasteiger partial charge in [-0.15, -0.1) is 5.10 Å². The van der Waals surface area contributed by atoms with Crippen molar-refractivity contribution in [2.45, 2.75) is 32.9 Å². The first-order chi connectivity index (χ1) is 11.6. The lowest BCUT2D eigenvalue weighted by molar-refractivity contribution is -0.00373. The number of ether oxygens (including phenoxy) is 1. The molecular weight excluding hydrogens is 331 g/mol. The van der Waals surface area contributed by atoms with Crippen LogP contribution in [0.3, 0.4) is 0 Å². The van der Waals surface area contributed by atoms with Gasteiger partial charge in [-0.3, -0.25) is 0 Å². The number of fused-ring (bicyclic) bond motifs is 1. The Balaban J connectivity index is 1.68. The third kappa shape index (κ3) is 3.54. The van der Waals surface area contributed by atoms with Crippen molar-refractivity contribution in [2.24, 2.45) is 5.92 Å². The molecule has 1 aliphatic heterocycles. The fraction of sp³-hybridized carbons (Fsp3) is 0.500. The van der Waals surface area contributed by atoms with E-state index in [2.05, 4.69) is 10.3 Å². The lowest BCUT2D eigenvalue weighted by Gasteiger charge is -2.39. The number of carbonyl (C=O) groups is 2. The van der Waals surface area contributed by atoms with Crippen molar-refractivity contribution in [3.05, 3.63) is 23.5 Å². The van der Waals surface area contributed by atoms with Crippen LogP contribution in [0.4, 0.5) is 9.18 Å². The van der Waals surface area contributed by atoms with Gasteiger partial charge in [0, 0.05) is 31.6 Å². The molecule has 1 aromatic carbocycles. The van der Waals surface area contributed by atoms with Gasteiger partial charge in [0.15, 0.2) is 0 Å². The minimum Gasteiger partial charge on any atom is -0.478 e. The maximum Gasteiger partial charge on any atom is 0.410 e. The highest BCUT2D eigenvalue weighted by Crippen LogP contribution is 2.23. The van der Waals surface area contributed by atoms with E-state index in [0.717, 1.165) is 6.07 Å². The lowest BCUT2D eigenvalue weighted by Crippen LogP contribution is -2.52. The highest BCUT2D eigenvalue weighted by Gasteiger charge is 2.34. The number of carboxylic acid groups (broad SMARTS) is 1. The molecule has 1 aliphatic rings. The molecule has 0 bridgehead atoms. The van der Waals surface area contributed by atoms with E-state index in [0.29, 0.717) is 30.7 Å².